The summed E-state index contributed by atoms with van der Waals surface area (Å²) in [5.74, 6) is -0.503. The Labute approximate surface area is 109 Å². The molecule has 0 aliphatic heterocycles. The molecule has 2 atom stereocenters. The van der Waals surface area contributed by atoms with E-state index in [-0.39, 0.29) is 11.7 Å². The van der Waals surface area contributed by atoms with Crippen molar-refractivity contribution in [2.24, 2.45) is 5.92 Å². The molecule has 102 valence electrons. The topological polar surface area (TPSA) is 33.0 Å². The molecule has 1 aliphatic carbocycles. The van der Waals surface area contributed by atoms with E-state index in [9.17, 15) is 13.2 Å². The van der Waals surface area contributed by atoms with Crippen LogP contribution in [-0.4, -0.2) is 6.10 Å². The van der Waals surface area contributed by atoms with Crippen molar-refractivity contribution < 1.29 is 17.9 Å². The Hall–Kier alpha value is -1.70. The Morgan fingerprint density at radius 2 is 1.84 bits per heavy atom. The van der Waals surface area contributed by atoms with Gasteiger partial charge < -0.3 is 4.74 Å². The van der Waals surface area contributed by atoms with Gasteiger partial charge in [0.25, 0.3) is 0 Å². The Morgan fingerprint density at radius 3 is 2.53 bits per heavy atom. The van der Waals surface area contributed by atoms with Crippen LogP contribution in [0, 0.1) is 17.2 Å². The van der Waals surface area contributed by atoms with Gasteiger partial charge >= 0.3 is 6.18 Å². The van der Waals surface area contributed by atoms with Crippen molar-refractivity contribution in [3.63, 3.8) is 0 Å². The van der Waals surface area contributed by atoms with Crippen LogP contribution in [-0.2, 0) is 6.18 Å². The van der Waals surface area contributed by atoms with Gasteiger partial charge in [-0.1, -0.05) is 18.6 Å². The van der Waals surface area contributed by atoms with Gasteiger partial charge in [0.15, 0.2) is 0 Å². The quantitative estimate of drug-likeness (QED) is 0.807. The van der Waals surface area contributed by atoms with Crippen LogP contribution in [0.5, 0.6) is 5.75 Å². The van der Waals surface area contributed by atoms with Crippen molar-refractivity contribution in [1.82, 2.24) is 0 Å². The Bertz CT molecular complexity index is 478. The molecule has 0 amide bonds. The van der Waals surface area contributed by atoms with Gasteiger partial charge in [-0.15, -0.1) is 0 Å². The number of hydrogen-bond acceptors (Lipinski definition) is 2. The lowest BCUT2D eigenvalue weighted by Gasteiger charge is -2.28. The normalized spacial score (nSPS) is 23.7. The van der Waals surface area contributed by atoms with Gasteiger partial charge in [-0.05, 0) is 31.4 Å². The van der Waals surface area contributed by atoms with Crippen LogP contribution < -0.4 is 4.74 Å². The lowest BCUT2D eigenvalue weighted by atomic mass is 9.87. The molecule has 2 rings (SSSR count). The van der Waals surface area contributed by atoms with Gasteiger partial charge in [-0.2, -0.15) is 18.4 Å². The molecular weight excluding hydrogens is 255 g/mol. The van der Waals surface area contributed by atoms with Gasteiger partial charge in [0.1, 0.15) is 11.9 Å². The zero-order chi connectivity index (χ0) is 13.9. The van der Waals surface area contributed by atoms with E-state index < -0.39 is 17.8 Å². The van der Waals surface area contributed by atoms with E-state index in [2.05, 4.69) is 6.07 Å². The molecule has 1 aliphatic rings. The number of nitriles is 1. The first kappa shape index (κ1) is 13.7. The van der Waals surface area contributed by atoms with Crippen LogP contribution >= 0.6 is 0 Å². The van der Waals surface area contributed by atoms with E-state index >= 15 is 0 Å². The molecule has 0 spiro atoms. The molecule has 0 radical (unpaired) electrons. The van der Waals surface area contributed by atoms with Crippen LogP contribution in [0.1, 0.15) is 31.2 Å². The van der Waals surface area contributed by atoms with Gasteiger partial charge in [0.2, 0.25) is 0 Å². The van der Waals surface area contributed by atoms with Crippen LogP contribution in [0.25, 0.3) is 0 Å². The summed E-state index contributed by atoms with van der Waals surface area (Å²) in [6, 6.07) is 7.28. The summed E-state index contributed by atoms with van der Waals surface area (Å²) in [6.07, 6.45) is -1.74. The predicted molar refractivity (Wildman–Crippen MR) is 63.4 cm³/mol. The average Bonchev–Trinajstić information content (AvgIpc) is 2.39. The molecule has 0 N–H and O–H groups in total. The second-order valence-corrected chi connectivity index (χ2v) is 4.67. The fourth-order valence-corrected chi connectivity index (χ4v) is 2.35. The SMILES string of the molecule is N#CC1CCCCC1Oc1ccccc1C(F)(F)F. The number of halogens is 3. The third kappa shape index (κ3) is 3.19. The summed E-state index contributed by atoms with van der Waals surface area (Å²) in [6.45, 7) is 0. The summed E-state index contributed by atoms with van der Waals surface area (Å²) in [4.78, 5) is 0. The molecule has 2 nitrogen and oxygen atoms in total. The first-order valence-electron chi connectivity index (χ1n) is 6.25. The van der Waals surface area contributed by atoms with E-state index in [1.54, 1.807) is 0 Å². The Morgan fingerprint density at radius 1 is 1.16 bits per heavy atom. The highest BCUT2D eigenvalue weighted by molar-refractivity contribution is 5.35. The highest BCUT2D eigenvalue weighted by atomic mass is 19.4. The lowest BCUT2D eigenvalue weighted by molar-refractivity contribution is -0.139. The standard InChI is InChI=1S/C14H14F3NO/c15-14(16,17)11-6-2-4-8-13(11)19-12-7-3-1-5-10(12)9-18/h2,4,6,8,10,12H,1,3,5,7H2. The minimum atomic E-state index is -4.44. The fourth-order valence-electron chi connectivity index (χ4n) is 2.35. The molecule has 1 aromatic rings. The smallest absolute Gasteiger partial charge is 0.419 e. The van der Waals surface area contributed by atoms with Crippen molar-refractivity contribution >= 4 is 0 Å². The average molecular weight is 269 g/mol. The number of ether oxygens (including phenoxy) is 1. The molecule has 5 heteroatoms. The van der Waals surface area contributed by atoms with Gasteiger partial charge in [0.05, 0.1) is 17.6 Å². The summed E-state index contributed by atoms with van der Waals surface area (Å²) in [5.41, 5.74) is -0.780. The number of alkyl halides is 3. The highest BCUT2D eigenvalue weighted by Crippen LogP contribution is 2.38. The van der Waals surface area contributed by atoms with E-state index in [1.165, 1.54) is 18.2 Å². The summed E-state index contributed by atoms with van der Waals surface area (Å²) in [7, 11) is 0. The summed E-state index contributed by atoms with van der Waals surface area (Å²) < 4.78 is 44.0. The molecule has 1 aromatic carbocycles. The number of hydrogen-bond donors (Lipinski definition) is 0. The molecule has 1 saturated carbocycles. The number of nitrogens with zero attached hydrogens (tertiary/aromatic N) is 1. The van der Waals surface area contributed by atoms with Crippen molar-refractivity contribution in [2.45, 2.75) is 38.0 Å². The summed E-state index contributed by atoms with van der Waals surface area (Å²) in [5, 5.41) is 9.02. The van der Waals surface area contributed by atoms with Crippen molar-refractivity contribution in [1.29, 1.82) is 5.26 Å². The van der Waals surface area contributed by atoms with Crippen LogP contribution in [0.4, 0.5) is 13.2 Å². The minimum absolute atomic E-state index is 0.179. The maximum Gasteiger partial charge on any atom is 0.419 e. The van der Waals surface area contributed by atoms with Gasteiger partial charge in [-0.25, -0.2) is 0 Å². The van der Waals surface area contributed by atoms with E-state index in [1.807, 2.05) is 0 Å². The van der Waals surface area contributed by atoms with Crippen LogP contribution in [0.15, 0.2) is 24.3 Å². The Balaban J connectivity index is 2.21. The molecule has 19 heavy (non-hydrogen) atoms. The zero-order valence-electron chi connectivity index (χ0n) is 10.3. The number of rotatable bonds is 2. The van der Waals surface area contributed by atoms with Crippen molar-refractivity contribution in [3.05, 3.63) is 29.8 Å². The van der Waals surface area contributed by atoms with Gasteiger partial charge in [0, 0.05) is 0 Å². The molecular formula is C14H14F3NO. The third-order valence-corrected chi connectivity index (χ3v) is 3.34. The number of benzene rings is 1. The van der Waals surface area contributed by atoms with Gasteiger partial charge in [-0.3, -0.25) is 0 Å². The lowest BCUT2D eigenvalue weighted by Crippen LogP contribution is -2.30. The fraction of sp³-hybridized carbons (Fsp3) is 0.500. The number of para-hydroxylation sites is 1. The Kier molecular flexibility index (Phi) is 3.98. The molecule has 2 unspecified atom stereocenters. The minimum Gasteiger partial charge on any atom is -0.488 e. The first-order chi connectivity index (χ1) is 9.02. The van der Waals surface area contributed by atoms with Crippen LogP contribution in [0.3, 0.4) is 0 Å². The monoisotopic (exact) mass is 269 g/mol. The van der Waals surface area contributed by atoms with Crippen LogP contribution in [0.2, 0.25) is 0 Å². The zero-order valence-corrected chi connectivity index (χ0v) is 10.3. The highest BCUT2D eigenvalue weighted by Gasteiger charge is 2.35. The van der Waals surface area contributed by atoms with E-state index in [0.29, 0.717) is 12.8 Å². The molecule has 0 aromatic heterocycles. The summed E-state index contributed by atoms with van der Waals surface area (Å²) >= 11 is 0. The second-order valence-electron chi connectivity index (χ2n) is 4.67. The third-order valence-electron chi connectivity index (χ3n) is 3.34. The van der Waals surface area contributed by atoms with Crippen molar-refractivity contribution in [2.75, 3.05) is 0 Å². The first-order valence-corrected chi connectivity index (χ1v) is 6.25. The predicted octanol–water partition coefficient (Wildman–Crippen LogP) is 4.17. The second kappa shape index (κ2) is 5.52. The molecule has 0 bridgehead atoms. The van der Waals surface area contributed by atoms with E-state index in [4.69, 9.17) is 10.00 Å². The van der Waals surface area contributed by atoms with Crippen molar-refractivity contribution in [3.8, 4) is 11.8 Å². The maximum atomic E-state index is 12.8. The largest absolute Gasteiger partial charge is 0.488 e. The van der Waals surface area contributed by atoms with E-state index in [0.717, 1.165) is 18.9 Å². The molecule has 1 fully saturated rings. The molecule has 0 saturated heterocycles. The molecule has 0 heterocycles. The maximum absolute atomic E-state index is 12.8.